The van der Waals surface area contributed by atoms with E-state index in [2.05, 4.69) is 19.9 Å². The zero-order valence-electron chi connectivity index (χ0n) is 14.6. The van der Waals surface area contributed by atoms with Gasteiger partial charge in [0, 0.05) is 0 Å². The summed E-state index contributed by atoms with van der Waals surface area (Å²) in [6.07, 6.45) is 18.9. The summed E-state index contributed by atoms with van der Waals surface area (Å²) in [7, 11) is 0. The van der Waals surface area contributed by atoms with Gasteiger partial charge in [0.25, 0.3) is 0 Å². The van der Waals surface area contributed by atoms with Crippen molar-refractivity contribution in [3.05, 3.63) is 22.8 Å². The van der Waals surface area contributed by atoms with Crippen LogP contribution in [0.25, 0.3) is 0 Å². The quantitative estimate of drug-likeness (QED) is 0.483. The van der Waals surface area contributed by atoms with Gasteiger partial charge in [0.15, 0.2) is 0 Å². The molecule has 0 aliphatic heterocycles. The number of rotatable bonds is 0. The molecule has 120 valence electrons. The van der Waals surface area contributed by atoms with E-state index in [1.165, 1.54) is 64.2 Å². The lowest BCUT2D eigenvalue weighted by Gasteiger charge is -2.57. The number of hydrogen-bond acceptors (Lipinski definition) is 0. The summed E-state index contributed by atoms with van der Waals surface area (Å²) in [4.78, 5) is 0. The summed E-state index contributed by atoms with van der Waals surface area (Å²) < 4.78 is 0. The molecule has 0 aromatic rings. The maximum atomic E-state index is 2.69. The van der Waals surface area contributed by atoms with E-state index < -0.39 is 0 Å². The smallest absolute Gasteiger partial charge is 0.00790 e. The molecule has 0 aromatic heterocycles. The summed E-state index contributed by atoms with van der Waals surface area (Å²) in [6.45, 7) is 5.28. The van der Waals surface area contributed by atoms with Crippen molar-refractivity contribution in [2.24, 2.45) is 28.6 Å². The van der Waals surface area contributed by atoms with Crippen molar-refractivity contribution in [3.63, 3.8) is 0 Å². The average Bonchev–Trinajstić information content (AvgIpc) is 3.27. The Morgan fingerprint density at radius 3 is 2.55 bits per heavy atom. The molecule has 5 rings (SSSR count). The van der Waals surface area contributed by atoms with Crippen LogP contribution in [0.3, 0.4) is 0 Å². The van der Waals surface area contributed by atoms with Crippen LogP contribution < -0.4 is 0 Å². The molecule has 4 saturated carbocycles. The summed E-state index contributed by atoms with van der Waals surface area (Å²) in [6, 6.07) is 0. The van der Waals surface area contributed by atoms with Crippen LogP contribution in [-0.2, 0) is 0 Å². The molecule has 4 fully saturated rings. The van der Waals surface area contributed by atoms with E-state index in [0.29, 0.717) is 10.8 Å². The minimum atomic E-state index is 0.561. The van der Waals surface area contributed by atoms with Gasteiger partial charge in [-0.25, -0.2) is 0 Å². The van der Waals surface area contributed by atoms with Crippen molar-refractivity contribution in [3.8, 4) is 0 Å². The van der Waals surface area contributed by atoms with Crippen LogP contribution in [0.2, 0.25) is 0 Å². The predicted octanol–water partition coefficient (Wildman–Crippen LogP) is 6.43. The Kier molecular flexibility index (Phi) is 2.85. The first kappa shape index (κ1) is 13.9. The maximum Gasteiger partial charge on any atom is -0.00790 e. The second-order valence-electron chi connectivity index (χ2n) is 9.72. The minimum absolute atomic E-state index is 0.561. The molecule has 0 radical (unpaired) electrons. The second-order valence-corrected chi connectivity index (χ2v) is 9.72. The van der Waals surface area contributed by atoms with E-state index in [9.17, 15) is 0 Å². The largest absolute Gasteiger partial charge is 0.0664 e. The van der Waals surface area contributed by atoms with Crippen molar-refractivity contribution in [2.45, 2.75) is 84.5 Å². The third kappa shape index (κ3) is 1.82. The summed E-state index contributed by atoms with van der Waals surface area (Å²) in [5.41, 5.74) is 6.69. The van der Waals surface area contributed by atoms with E-state index in [1.807, 2.05) is 5.57 Å². The topological polar surface area (TPSA) is 0 Å². The van der Waals surface area contributed by atoms with Crippen LogP contribution in [0.15, 0.2) is 22.8 Å². The Labute approximate surface area is 136 Å². The monoisotopic (exact) mass is 296 g/mol. The van der Waals surface area contributed by atoms with Crippen molar-refractivity contribution >= 4 is 0 Å². The normalized spacial score (nSPS) is 50.1. The molecule has 0 N–H and O–H groups in total. The lowest BCUT2D eigenvalue weighted by Crippen LogP contribution is -2.48. The van der Waals surface area contributed by atoms with Crippen LogP contribution in [0.1, 0.15) is 84.5 Å². The first-order valence-electron chi connectivity index (χ1n) is 10.0. The van der Waals surface area contributed by atoms with Gasteiger partial charge in [0.2, 0.25) is 0 Å². The Balaban J connectivity index is 1.50. The summed E-state index contributed by atoms with van der Waals surface area (Å²) in [5.74, 6) is 3.13. The number of fused-ring (bicyclic) bond motifs is 5. The molecule has 0 heteroatoms. The average molecular weight is 296 g/mol. The zero-order valence-corrected chi connectivity index (χ0v) is 14.6. The first-order valence-corrected chi connectivity index (χ1v) is 10.0. The van der Waals surface area contributed by atoms with Gasteiger partial charge in [0.05, 0.1) is 0 Å². The fraction of sp³-hybridized carbons (Fsp3) is 0.818. The van der Waals surface area contributed by atoms with Crippen LogP contribution in [0, 0.1) is 28.6 Å². The van der Waals surface area contributed by atoms with Crippen molar-refractivity contribution < 1.29 is 0 Å². The van der Waals surface area contributed by atoms with E-state index >= 15 is 0 Å². The molecule has 0 nitrogen and oxygen atoms in total. The second kappa shape index (κ2) is 4.52. The molecule has 5 unspecified atom stereocenters. The molecule has 0 bridgehead atoms. The van der Waals surface area contributed by atoms with Crippen LogP contribution in [0.4, 0.5) is 0 Å². The van der Waals surface area contributed by atoms with Crippen molar-refractivity contribution in [2.75, 3.05) is 0 Å². The Morgan fingerprint density at radius 2 is 1.73 bits per heavy atom. The summed E-state index contributed by atoms with van der Waals surface area (Å²) in [5, 5.41) is 0. The highest BCUT2D eigenvalue weighted by molar-refractivity contribution is 5.41. The fourth-order valence-electron chi connectivity index (χ4n) is 7.24. The van der Waals surface area contributed by atoms with Gasteiger partial charge in [-0.1, -0.05) is 37.5 Å². The van der Waals surface area contributed by atoms with E-state index in [-0.39, 0.29) is 0 Å². The van der Waals surface area contributed by atoms with Crippen molar-refractivity contribution in [1.29, 1.82) is 0 Å². The third-order valence-electron chi connectivity index (χ3n) is 8.73. The van der Waals surface area contributed by atoms with Gasteiger partial charge >= 0.3 is 0 Å². The first-order chi connectivity index (χ1) is 10.6. The summed E-state index contributed by atoms with van der Waals surface area (Å²) >= 11 is 0. The van der Waals surface area contributed by atoms with E-state index in [0.717, 1.165) is 17.8 Å². The van der Waals surface area contributed by atoms with Crippen LogP contribution >= 0.6 is 0 Å². The Bertz CT molecular complexity index is 559. The molecule has 5 aliphatic rings. The molecule has 0 saturated heterocycles. The third-order valence-corrected chi connectivity index (χ3v) is 8.73. The molecular formula is C22H32. The number of hydrogen-bond donors (Lipinski definition) is 0. The molecule has 0 aromatic carbocycles. The van der Waals surface area contributed by atoms with Crippen LogP contribution in [-0.4, -0.2) is 0 Å². The molecule has 0 heterocycles. The van der Waals surface area contributed by atoms with Gasteiger partial charge in [-0.15, -0.1) is 0 Å². The van der Waals surface area contributed by atoms with E-state index in [1.54, 1.807) is 17.6 Å². The Hall–Kier alpha value is -0.520. The highest BCUT2D eigenvalue weighted by Gasteiger charge is 2.55. The number of allylic oxidation sites excluding steroid dienone is 4. The van der Waals surface area contributed by atoms with Crippen molar-refractivity contribution in [1.82, 2.24) is 0 Å². The molecule has 0 spiro atoms. The Morgan fingerprint density at radius 1 is 0.864 bits per heavy atom. The highest BCUT2D eigenvalue weighted by Crippen LogP contribution is 2.65. The van der Waals surface area contributed by atoms with E-state index in [4.69, 9.17) is 0 Å². The maximum absolute atomic E-state index is 2.69. The molecule has 22 heavy (non-hydrogen) atoms. The lowest BCUT2D eigenvalue weighted by molar-refractivity contribution is -0.0345. The lowest BCUT2D eigenvalue weighted by atomic mass is 9.47. The van der Waals surface area contributed by atoms with Gasteiger partial charge in [0.1, 0.15) is 0 Å². The van der Waals surface area contributed by atoms with Gasteiger partial charge in [-0.05, 0) is 98.4 Å². The predicted molar refractivity (Wildman–Crippen MR) is 92.6 cm³/mol. The van der Waals surface area contributed by atoms with Gasteiger partial charge < -0.3 is 0 Å². The highest BCUT2D eigenvalue weighted by atomic mass is 14.6. The molecule has 5 aliphatic carbocycles. The zero-order chi connectivity index (χ0) is 14.9. The fourth-order valence-corrected chi connectivity index (χ4v) is 7.24. The van der Waals surface area contributed by atoms with Gasteiger partial charge in [-0.2, -0.15) is 0 Å². The standard InChI is InChI=1S/C22H32/c1-21-11-3-4-19(21)18-8-7-17-14-16(15-5-6-15)9-13-22(17,2)20(18)10-12-21/h14,18-20H,3-13H2,1-2H3. The SMILES string of the molecule is CC12CCCC1C1CCC3=CC(=C4CC4)CCC3(C)C1CC2. The molecule has 5 atom stereocenters. The minimum Gasteiger partial charge on any atom is -0.0664 e. The molecule has 0 amide bonds. The van der Waals surface area contributed by atoms with Crippen LogP contribution in [0.5, 0.6) is 0 Å². The van der Waals surface area contributed by atoms with Gasteiger partial charge in [-0.3, -0.25) is 0 Å². The molecular weight excluding hydrogens is 264 g/mol.